The van der Waals surface area contributed by atoms with Crippen molar-refractivity contribution >= 4 is 6.03 Å². The first-order valence-corrected chi connectivity index (χ1v) is 8.60. The van der Waals surface area contributed by atoms with Gasteiger partial charge in [-0.05, 0) is 52.6 Å². The number of fused-ring (bicyclic) bond motifs is 2. The standard InChI is InChI=1S/C16H30N4O/c1-19(13-6-7-13)9-8-17-16(21)18-12-10-14-4-3-5-15(11-12)20(14)2/h12-15H,3-11H2,1-2H3,(H2,17,18,21)/t12?,14-,15+. The molecule has 2 bridgehead atoms. The lowest BCUT2D eigenvalue weighted by Gasteiger charge is -2.47. The molecule has 2 aliphatic heterocycles. The molecule has 3 atom stereocenters. The van der Waals surface area contributed by atoms with Gasteiger partial charge in [0.2, 0.25) is 0 Å². The van der Waals surface area contributed by atoms with Crippen LogP contribution in [-0.4, -0.2) is 67.2 Å². The highest BCUT2D eigenvalue weighted by Gasteiger charge is 2.36. The first kappa shape index (κ1) is 15.1. The minimum Gasteiger partial charge on any atom is -0.337 e. The van der Waals surface area contributed by atoms with Crippen LogP contribution in [-0.2, 0) is 0 Å². The molecule has 1 aliphatic carbocycles. The summed E-state index contributed by atoms with van der Waals surface area (Å²) in [6.07, 6.45) is 8.80. The van der Waals surface area contributed by atoms with E-state index >= 15 is 0 Å². The van der Waals surface area contributed by atoms with E-state index in [1.165, 1.54) is 32.1 Å². The van der Waals surface area contributed by atoms with E-state index < -0.39 is 0 Å². The predicted octanol–water partition coefficient (Wildman–Crippen LogP) is 1.40. The van der Waals surface area contributed by atoms with Crippen molar-refractivity contribution in [3.63, 3.8) is 0 Å². The monoisotopic (exact) mass is 294 g/mol. The Balaban J connectivity index is 1.36. The molecule has 3 fully saturated rings. The maximum absolute atomic E-state index is 12.0. The van der Waals surface area contributed by atoms with Crippen molar-refractivity contribution in [2.45, 2.75) is 69.1 Å². The summed E-state index contributed by atoms with van der Waals surface area (Å²) in [4.78, 5) is 16.9. The van der Waals surface area contributed by atoms with Gasteiger partial charge < -0.3 is 20.4 Å². The second-order valence-electron chi connectivity index (χ2n) is 7.18. The summed E-state index contributed by atoms with van der Waals surface area (Å²) in [6, 6.07) is 2.49. The zero-order chi connectivity index (χ0) is 14.8. The molecule has 2 amide bonds. The molecule has 3 rings (SSSR count). The molecule has 0 aromatic carbocycles. The van der Waals surface area contributed by atoms with Crippen LogP contribution in [0.4, 0.5) is 4.79 Å². The third-order valence-electron chi connectivity index (χ3n) is 5.60. The molecular formula is C16H30N4O. The molecule has 2 N–H and O–H groups in total. The first-order chi connectivity index (χ1) is 10.1. The van der Waals surface area contributed by atoms with Crippen LogP contribution in [0.1, 0.15) is 44.9 Å². The van der Waals surface area contributed by atoms with Crippen LogP contribution in [0.25, 0.3) is 0 Å². The highest BCUT2D eigenvalue weighted by Crippen LogP contribution is 2.32. The number of amides is 2. The molecule has 5 nitrogen and oxygen atoms in total. The lowest BCUT2D eigenvalue weighted by atomic mass is 9.82. The van der Waals surface area contributed by atoms with E-state index in [-0.39, 0.29) is 6.03 Å². The van der Waals surface area contributed by atoms with Crippen LogP contribution in [0.3, 0.4) is 0 Å². The summed E-state index contributed by atoms with van der Waals surface area (Å²) in [5, 5.41) is 6.21. The average Bonchev–Trinajstić information content (AvgIpc) is 3.24. The third-order valence-corrected chi connectivity index (χ3v) is 5.60. The number of nitrogens with one attached hydrogen (secondary N) is 2. The van der Waals surface area contributed by atoms with Gasteiger partial charge in [-0.2, -0.15) is 0 Å². The molecule has 0 aromatic rings. The van der Waals surface area contributed by atoms with E-state index in [1.807, 2.05) is 0 Å². The van der Waals surface area contributed by atoms with E-state index in [1.54, 1.807) is 0 Å². The predicted molar refractivity (Wildman–Crippen MR) is 84.4 cm³/mol. The van der Waals surface area contributed by atoms with E-state index in [0.717, 1.165) is 32.0 Å². The first-order valence-electron chi connectivity index (χ1n) is 8.60. The third kappa shape index (κ3) is 3.89. The molecule has 0 radical (unpaired) electrons. The number of likely N-dealkylation sites (N-methyl/N-ethyl adjacent to an activating group) is 1. The highest BCUT2D eigenvalue weighted by atomic mass is 16.2. The van der Waals surface area contributed by atoms with Gasteiger partial charge in [0.25, 0.3) is 0 Å². The van der Waals surface area contributed by atoms with Crippen molar-refractivity contribution in [3.05, 3.63) is 0 Å². The highest BCUT2D eigenvalue weighted by molar-refractivity contribution is 5.74. The number of hydrogen-bond donors (Lipinski definition) is 2. The second-order valence-corrected chi connectivity index (χ2v) is 7.18. The van der Waals surface area contributed by atoms with Crippen molar-refractivity contribution < 1.29 is 4.79 Å². The molecule has 1 saturated carbocycles. The van der Waals surface area contributed by atoms with Gasteiger partial charge in [-0.25, -0.2) is 4.79 Å². The average molecular weight is 294 g/mol. The Morgan fingerprint density at radius 3 is 2.48 bits per heavy atom. The van der Waals surface area contributed by atoms with Gasteiger partial charge in [-0.3, -0.25) is 0 Å². The zero-order valence-electron chi connectivity index (χ0n) is 13.5. The zero-order valence-corrected chi connectivity index (χ0v) is 13.5. The van der Waals surface area contributed by atoms with E-state index in [9.17, 15) is 4.79 Å². The minimum atomic E-state index is 0.0202. The Kier molecular flexibility index (Phi) is 4.69. The largest absolute Gasteiger partial charge is 0.337 e. The number of urea groups is 1. The lowest BCUT2D eigenvalue weighted by molar-refractivity contribution is 0.0509. The van der Waals surface area contributed by atoms with Gasteiger partial charge in [0.1, 0.15) is 0 Å². The van der Waals surface area contributed by atoms with Crippen molar-refractivity contribution in [2.24, 2.45) is 0 Å². The number of piperidine rings is 2. The lowest BCUT2D eigenvalue weighted by Crippen LogP contribution is -2.56. The van der Waals surface area contributed by atoms with Crippen LogP contribution >= 0.6 is 0 Å². The molecule has 0 spiro atoms. The molecule has 2 heterocycles. The summed E-state index contributed by atoms with van der Waals surface area (Å²) >= 11 is 0. The normalized spacial score (nSPS) is 33.0. The minimum absolute atomic E-state index is 0.0202. The number of rotatable bonds is 5. The Labute approximate surface area is 128 Å². The van der Waals surface area contributed by atoms with Crippen LogP contribution < -0.4 is 10.6 Å². The Morgan fingerprint density at radius 1 is 1.19 bits per heavy atom. The van der Waals surface area contributed by atoms with E-state index in [4.69, 9.17) is 0 Å². The van der Waals surface area contributed by atoms with Crippen molar-refractivity contribution in [2.75, 3.05) is 27.2 Å². The summed E-state index contributed by atoms with van der Waals surface area (Å²) in [5.74, 6) is 0. The fourth-order valence-corrected chi connectivity index (χ4v) is 4.01. The van der Waals surface area contributed by atoms with Gasteiger partial charge >= 0.3 is 6.03 Å². The molecule has 120 valence electrons. The molecule has 5 heteroatoms. The molecule has 3 aliphatic rings. The van der Waals surface area contributed by atoms with Gasteiger partial charge in [0, 0.05) is 37.3 Å². The molecular weight excluding hydrogens is 264 g/mol. The van der Waals surface area contributed by atoms with Gasteiger partial charge in [-0.15, -0.1) is 0 Å². The van der Waals surface area contributed by atoms with Crippen LogP contribution in [0.2, 0.25) is 0 Å². The Morgan fingerprint density at radius 2 is 1.86 bits per heavy atom. The number of nitrogens with zero attached hydrogens (tertiary/aromatic N) is 2. The fourth-order valence-electron chi connectivity index (χ4n) is 4.01. The molecule has 0 aromatic heterocycles. The van der Waals surface area contributed by atoms with Crippen molar-refractivity contribution in [3.8, 4) is 0 Å². The maximum atomic E-state index is 12.0. The summed E-state index contributed by atoms with van der Waals surface area (Å²) in [5.41, 5.74) is 0. The molecule has 21 heavy (non-hydrogen) atoms. The quantitative estimate of drug-likeness (QED) is 0.806. The van der Waals surface area contributed by atoms with Gasteiger partial charge in [0.05, 0.1) is 0 Å². The van der Waals surface area contributed by atoms with Crippen LogP contribution in [0.5, 0.6) is 0 Å². The van der Waals surface area contributed by atoms with Crippen LogP contribution in [0, 0.1) is 0 Å². The van der Waals surface area contributed by atoms with E-state index in [2.05, 4.69) is 34.5 Å². The summed E-state index contributed by atoms with van der Waals surface area (Å²) < 4.78 is 0. The Bertz CT molecular complexity index is 357. The van der Waals surface area contributed by atoms with Gasteiger partial charge in [0.15, 0.2) is 0 Å². The summed E-state index contributed by atoms with van der Waals surface area (Å²) in [7, 11) is 4.40. The maximum Gasteiger partial charge on any atom is 0.315 e. The molecule has 1 unspecified atom stereocenters. The molecule has 2 saturated heterocycles. The Hall–Kier alpha value is -0.810. The number of carbonyl (C=O) groups is 1. The SMILES string of the molecule is CN(CCNC(=O)NC1C[C@H]2CCC[C@@H](C1)N2C)C1CC1. The van der Waals surface area contributed by atoms with Crippen molar-refractivity contribution in [1.29, 1.82) is 0 Å². The topological polar surface area (TPSA) is 47.6 Å². The van der Waals surface area contributed by atoms with E-state index in [0.29, 0.717) is 18.1 Å². The fraction of sp³-hybridized carbons (Fsp3) is 0.938. The van der Waals surface area contributed by atoms with Crippen molar-refractivity contribution in [1.82, 2.24) is 20.4 Å². The number of hydrogen-bond acceptors (Lipinski definition) is 3. The van der Waals surface area contributed by atoms with Gasteiger partial charge in [-0.1, -0.05) is 6.42 Å². The smallest absolute Gasteiger partial charge is 0.315 e. The second kappa shape index (κ2) is 6.53. The summed E-state index contributed by atoms with van der Waals surface area (Å²) in [6.45, 7) is 1.70. The number of carbonyl (C=O) groups excluding carboxylic acids is 1. The van der Waals surface area contributed by atoms with Crippen LogP contribution in [0.15, 0.2) is 0 Å².